The molecule has 2 unspecified atom stereocenters. The molecule has 1 aliphatic carbocycles. The van der Waals surface area contributed by atoms with E-state index in [1.54, 1.807) is 4.90 Å². The quantitative estimate of drug-likeness (QED) is 0.797. The third-order valence-electron chi connectivity index (χ3n) is 5.64. The Morgan fingerprint density at radius 3 is 2.45 bits per heavy atom. The molecule has 4 amide bonds. The summed E-state index contributed by atoms with van der Waals surface area (Å²) in [4.78, 5) is 41.7. The first-order valence-corrected chi connectivity index (χ1v) is 10.5. The van der Waals surface area contributed by atoms with Crippen LogP contribution in [0, 0.1) is 18.8 Å². The molecule has 2 aliphatic rings. The Labute approximate surface area is 172 Å². The number of nitrogens with zero attached hydrogens (tertiary/aromatic N) is 2. The molecule has 0 aromatic heterocycles. The highest BCUT2D eigenvalue weighted by atomic mass is 16.2. The molecule has 1 saturated carbocycles. The van der Waals surface area contributed by atoms with Crippen LogP contribution in [0.25, 0.3) is 0 Å². The fourth-order valence-electron chi connectivity index (χ4n) is 3.79. The van der Waals surface area contributed by atoms with Crippen molar-refractivity contribution >= 4 is 23.5 Å². The van der Waals surface area contributed by atoms with Crippen molar-refractivity contribution in [2.75, 3.05) is 25.0 Å². The number of rotatable bonds is 5. The highest BCUT2D eigenvalue weighted by Gasteiger charge is 2.39. The minimum absolute atomic E-state index is 0.00488. The molecule has 2 fully saturated rings. The molecule has 7 heteroatoms. The normalized spacial score (nSPS) is 20.4. The average molecular weight is 401 g/mol. The summed E-state index contributed by atoms with van der Waals surface area (Å²) in [5.74, 6) is 0.271. The number of aryl methyl sites for hydroxylation is 1. The maximum absolute atomic E-state index is 13.1. The summed E-state index contributed by atoms with van der Waals surface area (Å²) in [6.07, 6.45) is 1.97. The predicted octanol–water partition coefficient (Wildman–Crippen LogP) is 2.61. The van der Waals surface area contributed by atoms with Gasteiger partial charge in [-0.2, -0.15) is 0 Å². The molecular formula is C22H32N4O3. The van der Waals surface area contributed by atoms with Crippen LogP contribution in [0.3, 0.4) is 0 Å². The van der Waals surface area contributed by atoms with E-state index in [0.717, 1.165) is 18.4 Å². The maximum Gasteiger partial charge on any atom is 0.319 e. The van der Waals surface area contributed by atoms with Gasteiger partial charge in [0, 0.05) is 37.3 Å². The minimum atomic E-state index is -0.613. The third kappa shape index (κ3) is 5.28. The molecule has 0 bridgehead atoms. The molecule has 1 saturated heterocycles. The summed E-state index contributed by atoms with van der Waals surface area (Å²) in [6, 6.07) is 6.52. The van der Waals surface area contributed by atoms with Crippen molar-refractivity contribution in [1.82, 2.24) is 15.1 Å². The lowest BCUT2D eigenvalue weighted by molar-refractivity contribution is -0.144. The topological polar surface area (TPSA) is 81.8 Å². The van der Waals surface area contributed by atoms with Crippen LogP contribution in [0.2, 0.25) is 0 Å². The number of amides is 4. The molecule has 29 heavy (non-hydrogen) atoms. The second kappa shape index (κ2) is 8.84. The van der Waals surface area contributed by atoms with Gasteiger partial charge in [-0.25, -0.2) is 4.79 Å². The van der Waals surface area contributed by atoms with Gasteiger partial charge in [0.1, 0.15) is 6.04 Å². The van der Waals surface area contributed by atoms with Crippen molar-refractivity contribution in [2.45, 2.75) is 52.6 Å². The molecule has 1 heterocycles. The van der Waals surface area contributed by atoms with Crippen molar-refractivity contribution in [2.24, 2.45) is 11.8 Å². The number of urea groups is 1. The second-order valence-electron chi connectivity index (χ2n) is 8.63. The van der Waals surface area contributed by atoms with E-state index in [9.17, 15) is 14.4 Å². The van der Waals surface area contributed by atoms with E-state index in [1.165, 1.54) is 0 Å². The van der Waals surface area contributed by atoms with Gasteiger partial charge in [0.2, 0.25) is 11.8 Å². The summed E-state index contributed by atoms with van der Waals surface area (Å²) in [5, 5.41) is 5.64. The number of carbonyl (C=O) groups excluding carboxylic acids is 3. The van der Waals surface area contributed by atoms with Crippen LogP contribution in [-0.2, 0) is 9.59 Å². The molecule has 2 atom stereocenters. The Kier molecular flexibility index (Phi) is 6.45. The molecule has 0 spiro atoms. The Balaban J connectivity index is 1.59. The van der Waals surface area contributed by atoms with E-state index < -0.39 is 12.1 Å². The van der Waals surface area contributed by atoms with Gasteiger partial charge >= 0.3 is 6.03 Å². The van der Waals surface area contributed by atoms with Crippen molar-refractivity contribution in [3.63, 3.8) is 0 Å². The van der Waals surface area contributed by atoms with E-state index in [0.29, 0.717) is 25.3 Å². The van der Waals surface area contributed by atoms with Crippen LogP contribution in [0.1, 0.15) is 39.2 Å². The Bertz CT molecular complexity index is 775. The van der Waals surface area contributed by atoms with Gasteiger partial charge in [0.25, 0.3) is 0 Å². The monoisotopic (exact) mass is 400 g/mol. The van der Waals surface area contributed by atoms with Gasteiger partial charge in [-0.1, -0.05) is 26.0 Å². The molecule has 1 aromatic carbocycles. The highest BCUT2D eigenvalue weighted by molar-refractivity contribution is 5.94. The number of nitrogens with one attached hydrogen (secondary N) is 2. The number of benzene rings is 1. The summed E-state index contributed by atoms with van der Waals surface area (Å²) < 4.78 is 0. The number of carbonyl (C=O) groups is 3. The number of anilines is 1. The molecule has 1 aliphatic heterocycles. The molecule has 2 N–H and O–H groups in total. The summed E-state index contributed by atoms with van der Waals surface area (Å²) >= 11 is 0. The molecule has 7 nitrogen and oxygen atoms in total. The molecule has 158 valence electrons. The molecule has 1 aromatic rings. The van der Waals surface area contributed by atoms with Crippen molar-refractivity contribution in [1.29, 1.82) is 0 Å². The van der Waals surface area contributed by atoms with Gasteiger partial charge < -0.3 is 20.4 Å². The van der Waals surface area contributed by atoms with Crippen LogP contribution >= 0.6 is 0 Å². The lowest BCUT2D eigenvalue weighted by Crippen LogP contribution is -2.60. The lowest BCUT2D eigenvalue weighted by atomic mass is 10.0. The van der Waals surface area contributed by atoms with Crippen LogP contribution in [0.15, 0.2) is 24.3 Å². The van der Waals surface area contributed by atoms with Crippen LogP contribution in [0.4, 0.5) is 10.5 Å². The average Bonchev–Trinajstić information content (AvgIpc) is 3.50. The van der Waals surface area contributed by atoms with Crippen molar-refractivity contribution in [3.05, 3.63) is 29.8 Å². The van der Waals surface area contributed by atoms with Gasteiger partial charge in [0.15, 0.2) is 0 Å². The van der Waals surface area contributed by atoms with Gasteiger partial charge in [-0.15, -0.1) is 0 Å². The summed E-state index contributed by atoms with van der Waals surface area (Å²) in [5.41, 5.74) is 1.74. The van der Waals surface area contributed by atoms with E-state index in [-0.39, 0.29) is 29.7 Å². The molecule has 3 rings (SSSR count). The van der Waals surface area contributed by atoms with Gasteiger partial charge in [-0.3, -0.25) is 9.59 Å². The smallest absolute Gasteiger partial charge is 0.319 e. The zero-order chi connectivity index (χ0) is 21.1. The second-order valence-corrected chi connectivity index (χ2v) is 8.63. The largest absolute Gasteiger partial charge is 0.337 e. The van der Waals surface area contributed by atoms with Gasteiger partial charge in [-0.05, 0) is 50.3 Å². The molecular weight excluding hydrogens is 368 g/mol. The number of piperazine rings is 1. The maximum atomic E-state index is 13.1. The van der Waals surface area contributed by atoms with Gasteiger partial charge in [0.05, 0.1) is 0 Å². The van der Waals surface area contributed by atoms with E-state index in [2.05, 4.69) is 10.6 Å². The third-order valence-corrected chi connectivity index (χ3v) is 5.64. The first kappa shape index (κ1) is 21.1. The first-order valence-electron chi connectivity index (χ1n) is 10.5. The SMILES string of the molecule is Cc1cccc(NC(=O)NC(C(=O)N2CCN(C(=O)C3CC3)C(C)C2)C(C)C)c1. The van der Waals surface area contributed by atoms with Crippen LogP contribution < -0.4 is 10.6 Å². The Morgan fingerprint density at radius 2 is 1.86 bits per heavy atom. The Morgan fingerprint density at radius 1 is 1.14 bits per heavy atom. The highest BCUT2D eigenvalue weighted by Crippen LogP contribution is 2.32. The predicted molar refractivity (Wildman–Crippen MR) is 112 cm³/mol. The lowest BCUT2D eigenvalue weighted by Gasteiger charge is -2.41. The first-order chi connectivity index (χ1) is 13.8. The zero-order valence-electron chi connectivity index (χ0n) is 17.8. The minimum Gasteiger partial charge on any atom is -0.337 e. The number of hydrogen-bond donors (Lipinski definition) is 2. The van der Waals surface area contributed by atoms with E-state index in [1.807, 2.05) is 56.9 Å². The van der Waals surface area contributed by atoms with Crippen molar-refractivity contribution < 1.29 is 14.4 Å². The van der Waals surface area contributed by atoms with E-state index >= 15 is 0 Å². The number of hydrogen-bond acceptors (Lipinski definition) is 3. The van der Waals surface area contributed by atoms with E-state index in [4.69, 9.17) is 0 Å². The standard InChI is InChI=1S/C22H32N4O3/c1-14(2)19(24-22(29)23-18-7-5-6-15(3)12-18)21(28)25-10-11-26(16(4)13-25)20(27)17-8-9-17/h5-7,12,14,16-17,19H,8-11,13H2,1-4H3,(H2,23,24,29). The Hall–Kier alpha value is -2.57. The fourth-order valence-corrected chi connectivity index (χ4v) is 3.79. The van der Waals surface area contributed by atoms with Crippen LogP contribution in [-0.4, -0.2) is 59.4 Å². The fraction of sp³-hybridized carbons (Fsp3) is 0.591. The zero-order valence-corrected chi connectivity index (χ0v) is 17.8. The van der Waals surface area contributed by atoms with Crippen LogP contribution in [0.5, 0.6) is 0 Å². The summed E-state index contributed by atoms with van der Waals surface area (Å²) in [6.45, 7) is 9.36. The molecule has 0 radical (unpaired) electrons. The summed E-state index contributed by atoms with van der Waals surface area (Å²) in [7, 11) is 0. The van der Waals surface area contributed by atoms with Crippen molar-refractivity contribution in [3.8, 4) is 0 Å².